The number of allylic oxidation sites excluding steroid dienone is 1. The fraction of sp³-hybridized carbons (Fsp3) is 0.105. The fourth-order valence-corrected chi connectivity index (χ4v) is 3.31. The lowest BCUT2D eigenvalue weighted by Crippen LogP contribution is -2.24. The third-order valence-electron chi connectivity index (χ3n) is 4.29. The van der Waals surface area contributed by atoms with E-state index in [0.29, 0.717) is 23.3 Å². The second-order valence-corrected chi connectivity index (χ2v) is 7.47. The second-order valence-electron chi connectivity index (χ2n) is 6.26. The van der Waals surface area contributed by atoms with E-state index in [-0.39, 0.29) is 16.6 Å². The van der Waals surface area contributed by atoms with E-state index < -0.39 is 45.2 Å². The van der Waals surface area contributed by atoms with Crippen LogP contribution < -0.4 is 10.5 Å². The van der Waals surface area contributed by atoms with Crippen molar-refractivity contribution in [1.82, 2.24) is 9.97 Å². The number of nitrogens with one attached hydrogen (secondary N) is 2. The highest BCUT2D eigenvalue weighted by molar-refractivity contribution is 7.87. The summed E-state index contributed by atoms with van der Waals surface area (Å²) in [7, 11) is -2.15. The van der Waals surface area contributed by atoms with Crippen LogP contribution in [0.5, 0.6) is 0 Å². The van der Waals surface area contributed by atoms with Crippen molar-refractivity contribution in [2.24, 2.45) is 10.7 Å². The zero-order valence-corrected chi connectivity index (χ0v) is 16.9. The smallest absolute Gasteiger partial charge is 0.404 e. The molecule has 0 amide bonds. The summed E-state index contributed by atoms with van der Waals surface area (Å²) < 4.78 is 79.4. The Hall–Kier alpha value is -3.61. The van der Waals surface area contributed by atoms with Crippen molar-refractivity contribution in [3.05, 3.63) is 65.1 Å². The van der Waals surface area contributed by atoms with Gasteiger partial charge in [-0.1, -0.05) is 0 Å². The lowest BCUT2D eigenvalue weighted by atomic mass is 10.00. The number of ketones is 1. The molecule has 4 N–H and O–H groups in total. The van der Waals surface area contributed by atoms with Gasteiger partial charge in [-0.25, -0.2) is 18.0 Å². The van der Waals surface area contributed by atoms with Gasteiger partial charge < -0.3 is 10.7 Å². The van der Waals surface area contributed by atoms with Gasteiger partial charge in [-0.2, -0.15) is 13.2 Å². The topological polar surface area (TPSA) is 113 Å². The molecule has 0 aliphatic rings. The van der Waals surface area contributed by atoms with Crippen molar-refractivity contribution in [1.29, 1.82) is 0 Å². The Bertz CT molecular complexity index is 1280. The molecule has 1 aromatic carbocycles. The van der Waals surface area contributed by atoms with Crippen molar-refractivity contribution >= 4 is 45.3 Å². The molecule has 2 aromatic heterocycles. The Morgan fingerprint density at radius 3 is 2.66 bits per heavy atom. The molecule has 0 fully saturated rings. The number of fused-ring (bicyclic) bond motifs is 1. The third kappa shape index (κ3) is 4.37. The lowest BCUT2D eigenvalue weighted by Gasteiger charge is -2.12. The van der Waals surface area contributed by atoms with Gasteiger partial charge in [-0.15, -0.1) is 0 Å². The monoisotopic (exact) mass is 471 g/mol. The van der Waals surface area contributed by atoms with E-state index in [0.717, 1.165) is 6.20 Å². The van der Waals surface area contributed by atoms with Gasteiger partial charge in [-0.05, 0) is 18.2 Å². The minimum Gasteiger partial charge on any atom is -0.404 e. The number of hydrogen-bond donors (Lipinski definition) is 3. The number of nitrogens with zero attached hydrogens (tertiary/aromatic N) is 2. The van der Waals surface area contributed by atoms with Crippen molar-refractivity contribution in [3.8, 4) is 0 Å². The number of aliphatic imine (C=N–C) groups is 1. The molecule has 0 saturated carbocycles. The van der Waals surface area contributed by atoms with Crippen molar-refractivity contribution < 1.29 is 31.0 Å². The van der Waals surface area contributed by atoms with Crippen LogP contribution >= 0.6 is 0 Å². The number of rotatable bonds is 6. The number of halogens is 5. The van der Waals surface area contributed by atoms with Crippen LogP contribution in [-0.2, 0) is 11.0 Å². The maximum Gasteiger partial charge on any atom is 0.490 e. The highest BCUT2D eigenvalue weighted by Crippen LogP contribution is 2.29. The molecule has 32 heavy (non-hydrogen) atoms. The number of pyridine rings is 1. The summed E-state index contributed by atoms with van der Waals surface area (Å²) in [6, 6.07) is 2.70. The zero-order chi connectivity index (χ0) is 23.6. The molecule has 3 aromatic rings. The normalized spacial score (nSPS) is 13.6. The molecule has 0 aliphatic heterocycles. The molecule has 0 radical (unpaired) electrons. The van der Waals surface area contributed by atoms with Crippen LogP contribution in [0.15, 0.2) is 41.8 Å². The van der Waals surface area contributed by atoms with Gasteiger partial charge in [0.2, 0.25) is 16.8 Å². The summed E-state index contributed by atoms with van der Waals surface area (Å²) in [6.45, 7) is 0. The number of carbonyl (C=O) groups excluding carboxylic acids is 1. The summed E-state index contributed by atoms with van der Waals surface area (Å²) >= 11 is 0. The lowest BCUT2D eigenvalue weighted by molar-refractivity contribution is -0.0379. The van der Waals surface area contributed by atoms with Crippen LogP contribution in [0.2, 0.25) is 0 Å². The van der Waals surface area contributed by atoms with Gasteiger partial charge in [0.25, 0.3) is 0 Å². The van der Waals surface area contributed by atoms with E-state index in [1.165, 1.54) is 36.4 Å². The Balaban J connectivity index is 2.09. The fourth-order valence-electron chi connectivity index (χ4n) is 2.83. The van der Waals surface area contributed by atoms with Crippen molar-refractivity contribution in [2.45, 2.75) is 5.51 Å². The van der Waals surface area contributed by atoms with Crippen LogP contribution in [0.4, 0.5) is 27.6 Å². The predicted molar refractivity (Wildman–Crippen MR) is 110 cm³/mol. The molecule has 3 rings (SSSR count). The number of benzene rings is 1. The van der Waals surface area contributed by atoms with Gasteiger partial charge in [0.15, 0.2) is 5.82 Å². The average Bonchev–Trinajstić information content (AvgIpc) is 3.16. The van der Waals surface area contributed by atoms with E-state index in [4.69, 9.17) is 5.73 Å². The van der Waals surface area contributed by atoms with E-state index in [1.54, 1.807) is 0 Å². The van der Waals surface area contributed by atoms with E-state index in [2.05, 4.69) is 15.0 Å². The van der Waals surface area contributed by atoms with Crippen molar-refractivity contribution in [2.75, 3.05) is 11.8 Å². The zero-order valence-electron chi connectivity index (χ0n) is 16.1. The molecule has 0 bridgehead atoms. The summed E-state index contributed by atoms with van der Waals surface area (Å²) in [4.78, 5) is 23.6. The van der Waals surface area contributed by atoms with Crippen LogP contribution in [0.25, 0.3) is 16.6 Å². The first-order chi connectivity index (χ1) is 15.1. The standard InChI is InChI=1S/C19H14F5N5O2S/c1-26-6-10(5-25)9-4-11-12(8-28-18(11)27-7-9)17(30)15-13(20)2-3-14(16(15)21)29-32(31)19(22,23)24/h2-8,29H,25H2,1H3,(H,27,28). The Kier molecular flexibility index (Phi) is 6.39. The molecular weight excluding hydrogens is 457 g/mol. The maximum atomic E-state index is 14.8. The van der Waals surface area contributed by atoms with Crippen LogP contribution in [0.3, 0.4) is 0 Å². The van der Waals surface area contributed by atoms with E-state index >= 15 is 0 Å². The number of H-pyrrole nitrogens is 1. The minimum atomic E-state index is -5.19. The molecule has 1 unspecified atom stereocenters. The highest BCUT2D eigenvalue weighted by Gasteiger charge is 2.38. The van der Waals surface area contributed by atoms with Crippen LogP contribution in [-0.4, -0.2) is 38.7 Å². The molecule has 0 saturated heterocycles. The molecule has 0 spiro atoms. The van der Waals surface area contributed by atoms with E-state index in [1.807, 2.05) is 0 Å². The number of carbonyl (C=O) groups is 1. The molecular formula is C19H14F5N5O2S. The summed E-state index contributed by atoms with van der Waals surface area (Å²) in [5.41, 5.74) is -0.762. The first-order valence-electron chi connectivity index (χ1n) is 8.68. The van der Waals surface area contributed by atoms with Crippen molar-refractivity contribution in [3.63, 3.8) is 0 Å². The molecule has 2 heterocycles. The number of aromatic nitrogens is 2. The van der Waals surface area contributed by atoms with E-state index in [9.17, 15) is 31.0 Å². The maximum absolute atomic E-state index is 14.8. The highest BCUT2D eigenvalue weighted by atomic mass is 32.2. The average molecular weight is 471 g/mol. The number of aromatic amines is 1. The first-order valence-corrected chi connectivity index (χ1v) is 9.83. The minimum absolute atomic E-state index is 0.187. The number of anilines is 1. The Morgan fingerprint density at radius 1 is 1.31 bits per heavy atom. The Morgan fingerprint density at radius 2 is 2.03 bits per heavy atom. The Labute approximate surface area is 179 Å². The molecule has 13 heteroatoms. The van der Waals surface area contributed by atoms with Crippen LogP contribution in [0, 0.1) is 11.6 Å². The molecule has 0 aliphatic carbocycles. The quantitative estimate of drug-likeness (QED) is 0.289. The second kappa shape index (κ2) is 8.86. The summed E-state index contributed by atoms with van der Waals surface area (Å²) in [6.07, 6.45) is 5.29. The van der Waals surface area contributed by atoms with Gasteiger partial charge in [0, 0.05) is 53.9 Å². The first kappa shape index (κ1) is 23.1. The summed E-state index contributed by atoms with van der Waals surface area (Å²) in [5, 5.41) is 0.187. The SMILES string of the molecule is CN=CC(=CN)c1cnc2[nH]cc(C(=O)c3c(F)ccc(NS(=O)C(F)(F)F)c3F)c2c1. The summed E-state index contributed by atoms with van der Waals surface area (Å²) in [5.74, 6) is -4.09. The van der Waals surface area contributed by atoms with Gasteiger partial charge in [0.1, 0.15) is 11.5 Å². The number of alkyl halides is 3. The molecule has 7 nitrogen and oxygen atoms in total. The number of nitrogens with two attached hydrogens (primary N) is 1. The molecule has 1 atom stereocenters. The van der Waals surface area contributed by atoms with Crippen LogP contribution in [0.1, 0.15) is 21.5 Å². The third-order valence-corrected chi connectivity index (χ3v) is 5.11. The predicted octanol–water partition coefficient (Wildman–Crippen LogP) is 3.67. The van der Waals surface area contributed by atoms with Gasteiger partial charge >= 0.3 is 5.51 Å². The van der Waals surface area contributed by atoms with Gasteiger partial charge in [-0.3, -0.25) is 14.5 Å². The largest absolute Gasteiger partial charge is 0.490 e. The molecule has 168 valence electrons. The van der Waals surface area contributed by atoms with Gasteiger partial charge in [0.05, 0.1) is 11.3 Å². The number of hydrogen-bond acceptors (Lipinski definition) is 5.